The van der Waals surface area contributed by atoms with Gasteiger partial charge in [0.05, 0.1) is 24.2 Å². The van der Waals surface area contributed by atoms with Gasteiger partial charge in [0, 0.05) is 6.04 Å². The third kappa shape index (κ3) is 4.94. The Morgan fingerprint density at radius 1 is 1.06 bits per heavy atom. The molecule has 5 nitrogen and oxygen atoms in total. The van der Waals surface area contributed by atoms with Gasteiger partial charge in [-0.15, -0.1) is 0 Å². The summed E-state index contributed by atoms with van der Waals surface area (Å²) in [5.74, 6) is 3.12. The van der Waals surface area contributed by atoms with E-state index >= 15 is 0 Å². The van der Waals surface area contributed by atoms with E-state index in [0.29, 0.717) is 34.5 Å². The monoisotopic (exact) mass is 503 g/mol. The minimum Gasteiger partial charge on any atom is -0.395 e. The fraction of sp³-hybridized carbons (Fsp3) is 0.903. The highest BCUT2D eigenvalue weighted by molar-refractivity contribution is 5.82. The van der Waals surface area contributed by atoms with Crippen molar-refractivity contribution in [1.29, 1.82) is 0 Å². The van der Waals surface area contributed by atoms with Crippen LogP contribution >= 0.6 is 0 Å². The van der Waals surface area contributed by atoms with Gasteiger partial charge < -0.3 is 20.6 Å². The maximum Gasteiger partial charge on any atom is 0.230 e. The van der Waals surface area contributed by atoms with Crippen molar-refractivity contribution < 1.29 is 20.1 Å². The highest BCUT2D eigenvalue weighted by Crippen LogP contribution is 2.67. The van der Waals surface area contributed by atoms with E-state index in [2.05, 4.69) is 32.2 Å². The number of hydrogen-bond acceptors (Lipinski definition) is 4. The van der Waals surface area contributed by atoms with Crippen LogP contribution in [0, 0.1) is 45.8 Å². The molecule has 0 radical (unpaired) electrons. The van der Waals surface area contributed by atoms with Crippen molar-refractivity contribution in [3.05, 3.63) is 11.6 Å². The van der Waals surface area contributed by atoms with Gasteiger partial charge >= 0.3 is 0 Å². The zero-order valence-corrected chi connectivity index (χ0v) is 23.8. The standard InChI is InChI=1S/C31H53NO4/c1-20(11-14-28(2,3)36)24-9-10-25-23-8-7-21-17-22(32-27(35)29(4,18-33)19-34)12-15-30(21,5)26(23)13-16-31(24,25)6/h8,20-22,24-26,33-34,36H,7,9-19H2,1-6H3,(H,32,35)/t20-,21-,22+,24-,25+,26+,30+,31-/m1/s1. The Morgan fingerprint density at radius 2 is 1.69 bits per heavy atom. The number of aliphatic hydroxyl groups excluding tert-OH is 2. The molecule has 0 unspecified atom stereocenters. The predicted molar refractivity (Wildman–Crippen MR) is 144 cm³/mol. The molecule has 4 N–H and O–H groups in total. The molecule has 0 heterocycles. The van der Waals surface area contributed by atoms with E-state index < -0.39 is 11.0 Å². The molecule has 0 aromatic rings. The van der Waals surface area contributed by atoms with E-state index in [-0.39, 0.29) is 25.2 Å². The molecule has 3 saturated carbocycles. The van der Waals surface area contributed by atoms with Crippen LogP contribution in [-0.4, -0.2) is 46.1 Å². The maximum atomic E-state index is 12.8. The summed E-state index contributed by atoms with van der Waals surface area (Å²) in [5.41, 5.74) is 0.754. The van der Waals surface area contributed by atoms with E-state index in [9.17, 15) is 20.1 Å². The molecule has 4 aliphatic carbocycles. The summed E-state index contributed by atoms with van der Waals surface area (Å²) in [6.45, 7) is 12.4. The second-order valence-corrected chi connectivity index (χ2v) is 14.6. The third-order valence-electron chi connectivity index (χ3n) is 11.6. The normalized spacial score (nSPS) is 39.5. The number of fused-ring (bicyclic) bond motifs is 5. The molecule has 0 aromatic carbocycles. The first-order chi connectivity index (χ1) is 16.8. The summed E-state index contributed by atoms with van der Waals surface area (Å²) in [6, 6.07) is 0.129. The van der Waals surface area contributed by atoms with Crippen LogP contribution in [0.25, 0.3) is 0 Å². The van der Waals surface area contributed by atoms with E-state index in [1.807, 2.05) is 13.8 Å². The zero-order chi connectivity index (χ0) is 26.5. The van der Waals surface area contributed by atoms with Crippen molar-refractivity contribution in [3.63, 3.8) is 0 Å². The van der Waals surface area contributed by atoms with Gasteiger partial charge in [-0.25, -0.2) is 0 Å². The molecule has 0 aliphatic heterocycles. The minimum absolute atomic E-state index is 0.129. The molecule has 1 amide bonds. The van der Waals surface area contributed by atoms with Crippen molar-refractivity contribution in [2.75, 3.05) is 13.2 Å². The number of hydrogen-bond donors (Lipinski definition) is 4. The van der Waals surface area contributed by atoms with Gasteiger partial charge in [-0.1, -0.05) is 32.4 Å². The number of aliphatic hydroxyl groups is 3. The number of carbonyl (C=O) groups excluding carboxylic acids is 1. The van der Waals surface area contributed by atoms with Gasteiger partial charge in [0.25, 0.3) is 0 Å². The van der Waals surface area contributed by atoms with Crippen molar-refractivity contribution in [2.45, 2.75) is 117 Å². The third-order valence-corrected chi connectivity index (χ3v) is 11.6. The number of carbonyl (C=O) groups is 1. The number of nitrogens with one attached hydrogen (secondary N) is 1. The van der Waals surface area contributed by atoms with E-state index in [1.165, 1.54) is 25.7 Å². The van der Waals surface area contributed by atoms with Crippen LogP contribution in [0.15, 0.2) is 11.6 Å². The fourth-order valence-corrected chi connectivity index (χ4v) is 8.95. The second kappa shape index (κ2) is 10.0. The van der Waals surface area contributed by atoms with Crippen LogP contribution in [0.4, 0.5) is 0 Å². The second-order valence-electron chi connectivity index (χ2n) is 14.6. The number of rotatable bonds is 8. The van der Waals surface area contributed by atoms with Crippen molar-refractivity contribution in [1.82, 2.24) is 5.32 Å². The first-order valence-corrected chi connectivity index (χ1v) is 14.7. The summed E-state index contributed by atoms with van der Waals surface area (Å²) < 4.78 is 0. The SMILES string of the molecule is C[C@H](CCC(C)(C)O)[C@H]1CC[C@H]2C3=CC[C@@H]4C[C@@H](NC(=O)C(C)(CO)CO)CC[C@]4(C)[C@H]3CC[C@]12C. The molecular formula is C31H53NO4. The van der Waals surface area contributed by atoms with Crippen molar-refractivity contribution in [3.8, 4) is 0 Å². The molecule has 0 aromatic heterocycles. The Labute approximate surface area is 219 Å². The molecular weight excluding hydrogens is 450 g/mol. The highest BCUT2D eigenvalue weighted by Gasteiger charge is 2.58. The van der Waals surface area contributed by atoms with Crippen LogP contribution in [0.1, 0.15) is 106 Å². The number of allylic oxidation sites excluding steroid dienone is 2. The van der Waals surface area contributed by atoms with Gasteiger partial charge in [-0.05, 0) is 125 Å². The smallest absolute Gasteiger partial charge is 0.230 e. The summed E-state index contributed by atoms with van der Waals surface area (Å²) in [6.07, 6.45) is 14.0. The van der Waals surface area contributed by atoms with Gasteiger partial charge in [0.15, 0.2) is 0 Å². The maximum absolute atomic E-state index is 12.8. The van der Waals surface area contributed by atoms with Crippen LogP contribution in [0.5, 0.6) is 0 Å². The lowest BCUT2D eigenvalue weighted by Gasteiger charge is -2.58. The fourth-order valence-electron chi connectivity index (χ4n) is 8.95. The Morgan fingerprint density at radius 3 is 2.33 bits per heavy atom. The Hall–Kier alpha value is -0.910. The molecule has 4 rings (SSSR count). The Balaban J connectivity index is 1.45. The largest absolute Gasteiger partial charge is 0.395 e. The first kappa shape index (κ1) is 28.1. The topological polar surface area (TPSA) is 89.8 Å². The zero-order valence-electron chi connectivity index (χ0n) is 23.8. The van der Waals surface area contributed by atoms with E-state index in [4.69, 9.17) is 0 Å². The van der Waals surface area contributed by atoms with Gasteiger partial charge in [-0.2, -0.15) is 0 Å². The van der Waals surface area contributed by atoms with E-state index in [0.717, 1.165) is 44.4 Å². The lowest BCUT2D eigenvalue weighted by Crippen LogP contribution is -2.54. The molecule has 206 valence electrons. The van der Waals surface area contributed by atoms with E-state index in [1.54, 1.807) is 12.5 Å². The summed E-state index contributed by atoms with van der Waals surface area (Å²) in [4.78, 5) is 12.8. The Kier molecular flexibility index (Phi) is 7.81. The molecule has 0 bridgehead atoms. The van der Waals surface area contributed by atoms with Crippen LogP contribution in [0.2, 0.25) is 0 Å². The Bertz CT molecular complexity index is 842. The highest BCUT2D eigenvalue weighted by atomic mass is 16.3. The first-order valence-electron chi connectivity index (χ1n) is 14.7. The molecule has 8 atom stereocenters. The average Bonchev–Trinajstić information content (AvgIpc) is 3.19. The minimum atomic E-state index is -1.11. The van der Waals surface area contributed by atoms with Gasteiger partial charge in [0.1, 0.15) is 0 Å². The molecule has 3 fully saturated rings. The lowest BCUT2D eigenvalue weighted by atomic mass is 9.47. The predicted octanol–water partition coefficient (Wildman–Crippen LogP) is 5.23. The summed E-state index contributed by atoms with van der Waals surface area (Å²) >= 11 is 0. The van der Waals surface area contributed by atoms with Crippen LogP contribution in [0.3, 0.4) is 0 Å². The average molecular weight is 504 g/mol. The number of amides is 1. The molecule has 5 heteroatoms. The molecule has 4 aliphatic rings. The van der Waals surface area contributed by atoms with Gasteiger partial charge in [-0.3, -0.25) is 4.79 Å². The lowest BCUT2D eigenvalue weighted by molar-refractivity contribution is -0.136. The van der Waals surface area contributed by atoms with Crippen molar-refractivity contribution in [2.24, 2.45) is 45.8 Å². The molecule has 0 saturated heterocycles. The summed E-state index contributed by atoms with van der Waals surface area (Å²) in [7, 11) is 0. The molecule has 0 spiro atoms. The molecule has 36 heavy (non-hydrogen) atoms. The van der Waals surface area contributed by atoms with Crippen LogP contribution < -0.4 is 5.32 Å². The quantitative estimate of drug-likeness (QED) is 0.342. The summed E-state index contributed by atoms with van der Waals surface area (Å²) in [5, 5.41) is 32.7. The van der Waals surface area contributed by atoms with Crippen molar-refractivity contribution >= 4 is 5.91 Å². The van der Waals surface area contributed by atoms with Gasteiger partial charge in [0.2, 0.25) is 5.91 Å². The van der Waals surface area contributed by atoms with Crippen LogP contribution in [-0.2, 0) is 4.79 Å².